The SMILES string of the molecule is CN=C(NCC(C)Cn1cccn1)N(C)Cc1ccccc1Br. The molecule has 0 amide bonds. The van der Waals surface area contributed by atoms with E-state index in [9.17, 15) is 0 Å². The minimum atomic E-state index is 0.462. The van der Waals surface area contributed by atoms with E-state index in [1.54, 1.807) is 0 Å². The van der Waals surface area contributed by atoms with Crippen LogP contribution in [0.15, 0.2) is 52.2 Å². The molecule has 0 fully saturated rings. The zero-order chi connectivity index (χ0) is 16.7. The molecule has 0 saturated heterocycles. The largest absolute Gasteiger partial charge is 0.356 e. The van der Waals surface area contributed by atoms with Crippen LogP contribution in [0.1, 0.15) is 12.5 Å². The molecule has 23 heavy (non-hydrogen) atoms. The second kappa shape index (κ2) is 8.72. The molecule has 1 N–H and O–H groups in total. The molecule has 5 nitrogen and oxygen atoms in total. The highest BCUT2D eigenvalue weighted by Gasteiger charge is 2.10. The van der Waals surface area contributed by atoms with Gasteiger partial charge in [-0.05, 0) is 23.6 Å². The van der Waals surface area contributed by atoms with Gasteiger partial charge in [-0.3, -0.25) is 9.67 Å². The first-order chi connectivity index (χ1) is 11.1. The van der Waals surface area contributed by atoms with Crippen molar-refractivity contribution in [1.82, 2.24) is 20.0 Å². The van der Waals surface area contributed by atoms with Crippen molar-refractivity contribution in [2.24, 2.45) is 10.9 Å². The monoisotopic (exact) mass is 377 g/mol. The van der Waals surface area contributed by atoms with Gasteiger partial charge < -0.3 is 10.2 Å². The van der Waals surface area contributed by atoms with Crippen molar-refractivity contribution in [1.29, 1.82) is 0 Å². The Balaban J connectivity index is 1.85. The second-order valence-corrected chi connectivity index (χ2v) is 6.56. The molecule has 1 aromatic carbocycles. The molecule has 0 aliphatic heterocycles. The van der Waals surface area contributed by atoms with E-state index in [-0.39, 0.29) is 0 Å². The Labute approximate surface area is 146 Å². The smallest absolute Gasteiger partial charge is 0.193 e. The van der Waals surface area contributed by atoms with Gasteiger partial charge in [0.1, 0.15) is 0 Å². The van der Waals surface area contributed by atoms with Crippen molar-refractivity contribution in [3.8, 4) is 0 Å². The fourth-order valence-electron chi connectivity index (χ4n) is 2.40. The Morgan fingerprint density at radius 1 is 1.39 bits per heavy atom. The van der Waals surface area contributed by atoms with Crippen molar-refractivity contribution >= 4 is 21.9 Å². The van der Waals surface area contributed by atoms with E-state index in [2.05, 4.69) is 61.4 Å². The van der Waals surface area contributed by atoms with E-state index in [4.69, 9.17) is 0 Å². The maximum Gasteiger partial charge on any atom is 0.193 e. The van der Waals surface area contributed by atoms with Gasteiger partial charge in [-0.15, -0.1) is 0 Å². The number of hydrogen-bond donors (Lipinski definition) is 1. The Morgan fingerprint density at radius 3 is 2.83 bits per heavy atom. The number of aliphatic imine (C=N–C) groups is 1. The lowest BCUT2D eigenvalue weighted by atomic mass is 10.2. The molecule has 2 aromatic rings. The molecule has 124 valence electrons. The van der Waals surface area contributed by atoms with Gasteiger partial charge in [-0.2, -0.15) is 5.10 Å². The van der Waals surface area contributed by atoms with Crippen molar-refractivity contribution < 1.29 is 0 Å². The number of aromatic nitrogens is 2. The van der Waals surface area contributed by atoms with E-state index in [1.807, 2.05) is 43.3 Å². The number of nitrogens with zero attached hydrogens (tertiary/aromatic N) is 4. The summed E-state index contributed by atoms with van der Waals surface area (Å²) in [6.07, 6.45) is 3.80. The maximum atomic E-state index is 4.38. The molecular formula is C17H24BrN5. The number of benzene rings is 1. The summed E-state index contributed by atoms with van der Waals surface area (Å²) < 4.78 is 3.08. The van der Waals surface area contributed by atoms with Gasteiger partial charge in [0.25, 0.3) is 0 Å². The lowest BCUT2D eigenvalue weighted by Gasteiger charge is -2.24. The zero-order valence-electron chi connectivity index (χ0n) is 13.9. The van der Waals surface area contributed by atoms with Crippen molar-refractivity contribution in [2.75, 3.05) is 20.6 Å². The average Bonchev–Trinajstić information content (AvgIpc) is 3.03. The number of rotatable bonds is 6. The first kappa shape index (κ1) is 17.5. The van der Waals surface area contributed by atoms with E-state index >= 15 is 0 Å². The summed E-state index contributed by atoms with van der Waals surface area (Å²) in [6.45, 7) is 4.75. The summed E-state index contributed by atoms with van der Waals surface area (Å²) >= 11 is 3.59. The molecule has 6 heteroatoms. The fraction of sp³-hybridized carbons (Fsp3) is 0.412. The normalized spacial score (nSPS) is 13.0. The molecular weight excluding hydrogens is 354 g/mol. The summed E-state index contributed by atoms with van der Waals surface area (Å²) in [5.41, 5.74) is 1.24. The predicted octanol–water partition coefficient (Wildman–Crippen LogP) is 2.99. The summed E-state index contributed by atoms with van der Waals surface area (Å²) in [7, 11) is 3.87. The van der Waals surface area contributed by atoms with E-state index in [1.165, 1.54) is 5.56 Å². The summed E-state index contributed by atoms with van der Waals surface area (Å²) in [5.74, 6) is 1.36. The third kappa shape index (κ3) is 5.39. The molecule has 0 radical (unpaired) electrons. The van der Waals surface area contributed by atoms with Crippen molar-refractivity contribution in [3.63, 3.8) is 0 Å². The zero-order valence-corrected chi connectivity index (χ0v) is 15.5. The molecule has 1 atom stereocenters. The third-order valence-electron chi connectivity index (χ3n) is 3.61. The minimum Gasteiger partial charge on any atom is -0.356 e. The van der Waals surface area contributed by atoms with Crippen LogP contribution in [0.25, 0.3) is 0 Å². The van der Waals surface area contributed by atoms with Crippen LogP contribution in [0.4, 0.5) is 0 Å². The minimum absolute atomic E-state index is 0.462. The topological polar surface area (TPSA) is 45.5 Å². The Bertz CT molecular complexity index is 624. The molecule has 0 saturated carbocycles. The molecule has 2 rings (SSSR count). The van der Waals surface area contributed by atoms with Crippen LogP contribution in [0.2, 0.25) is 0 Å². The Morgan fingerprint density at radius 2 is 2.17 bits per heavy atom. The molecule has 1 aromatic heterocycles. The first-order valence-corrected chi connectivity index (χ1v) is 8.52. The molecule has 0 spiro atoms. The molecule has 1 heterocycles. The fourth-order valence-corrected chi connectivity index (χ4v) is 2.81. The lowest BCUT2D eigenvalue weighted by Crippen LogP contribution is -2.40. The third-order valence-corrected chi connectivity index (χ3v) is 4.38. The number of guanidine groups is 1. The van der Waals surface area contributed by atoms with Crippen LogP contribution in [0.3, 0.4) is 0 Å². The van der Waals surface area contributed by atoms with Crippen LogP contribution in [0.5, 0.6) is 0 Å². The van der Waals surface area contributed by atoms with Crippen LogP contribution >= 0.6 is 15.9 Å². The molecule has 0 aliphatic carbocycles. The standard InChI is InChI=1S/C17H24BrN5/c1-14(12-23-10-6-9-21-23)11-20-17(19-2)22(3)13-15-7-4-5-8-16(15)18/h4-10,14H,11-13H2,1-3H3,(H,19,20). The number of halogens is 1. The molecule has 0 aliphatic rings. The van der Waals surface area contributed by atoms with Crippen molar-refractivity contribution in [2.45, 2.75) is 20.0 Å². The van der Waals surface area contributed by atoms with Gasteiger partial charge in [0.05, 0.1) is 0 Å². The first-order valence-electron chi connectivity index (χ1n) is 7.72. The number of hydrogen-bond acceptors (Lipinski definition) is 2. The Kier molecular flexibility index (Phi) is 6.65. The van der Waals surface area contributed by atoms with Gasteiger partial charge in [0.15, 0.2) is 5.96 Å². The highest BCUT2D eigenvalue weighted by molar-refractivity contribution is 9.10. The molecule has 0 bridgehead atoms. The van der Waals surface area contributed by atoms with Gasteiger partial charge in [-0.1, -0.05) is 41.1 Å². The molecule has 1 unspecified atom stereocenters. The summed E-state index contributed by atoms with van der Waals surface area (Å²) in [5, 5.41) is 7.69. The van der Waals surface area contributed by atoms with Gasteiger partial charge in [-0.25, -0.2) is 0 Å². The summed E-state index contributed by atoms with van der Waals surface area (Å²) in [6, 6.07) is 10.2. The van der Waals surface area contributed by atoms with Crippen LogP contribution in [-0.2, 0) is 13.1 Å². The van der Waals surface area contributed by atoms with Crippen LogP contribution < -0.4 is 5.32 Å². The quantitative estimate of drug-likeness (QED) is 0.621. The number of nitrogens with one attached hydrogen (secondary N) is 1. The predicted molar refractivity (Wildman–Crippen MR) is 98.4 cm³/mol. The van der Waals surface area contributed by atoms with Gasteiger partial charge >= 0.3 is 0 Å². The second-order valence-electron chi connectivity index (χ2n) is 5.71. The highest BCUT2D eigenvalue weighted by atomic mass is 79.9. The Hall–Kier alpha value is -1.82. The summed E-state index contributed by atoms with van der Waals surface area (Å²) in [4.78, 5) is 6.50. The van der Waals surface area contributed by atoms with Crippen LogP contribution in [0, 0.1) is 5.92 Å². The van der Waals surface area contributed by atoms with Gasteiger partial charge in [0, 0.05) is 50.6 Å². The maximum absolute atomic E-state index is 4.38. The van der Waals surface area contributed by atoms with E-state index < -0.39 is 0 Å². The average molecular weight is 378 g/mol. The van der Waals surface area contributed by atoms with E-state index in [0.717, 1.165) is 30.1 Å². The lowest BCUT2D eigenvalue weighted by molar-refractivity contribution is 0.423. The van der Waals surface area contributed by atoms with E-state index in [0.29, 0.717) is 5.92 Å². The van der Waals surface area contributed by atoms with Crippen molar-refractivity contribution in [3.05, 3.63) is 52.8 Å². The van der Waals surface area contributed by atoms with Crippen LogP contribution in [-0.4, -0.2) is 41.3 Å². The van der Waals surface area contributed by atoms with Gasteiger partial charge in [0.2, 0.25) is 0 Å². The highest BCUT2D eigenvalue weighted by Crippen LogP contribution is 2.17.